The number of hydrogen-bond acceptors (Lipinski definition) is 0. The lowest BCUT2D eigenvalue weighted by Gasteiger charge is -2.33. The fraction of sp³-hybridized carbons (Fsp3) is 0.636. The van der Waals surface area contributed by atoms with Crippen molar-refractivity contribution in [3.8, 4) is 0 Å². The maximum absolute atomic E-state index is 12.2. The summed E-state index contributed by atoms with van der Waals surface area (Å²) in [4.78, 5) is 0. The standard InChI is InChI=1S/C11H15O/c12-11(8-4-1-5-9-11)10-6-2-3-7-10/h2-3,6-7,10H,1,4-5,8-9H2. The molecule has 0 saturated heterocycles. The number of hydrogen-bond donors (Lipinski definition) is 0. The van der Waals surface area contributed by atoms with E-state index in [9.17, 15) is 5.11 Å². The predicted molar refractivity (Wildman–Crippen MR) is 48.3 cm³/mol. The Bertz CT molecular complexity index is 197. The van der Waals surface area contributed by atoms with Crippen molar-refractivity contribution in [2.45, 2.75) is 37.7 Å². The highest BCUT2D eigenvalue weighted by Crippen LogP contribution is 2.37. The van der Waals surface area contributed by atoms with Crippen LogP contribution in [0.5, 0.6) is 0 Å². The van der Waals surface area contributed by atoms with E-state index in [1.54, 1.807) is 0 Å². The van der Waals surface area contributed by atoms with E-state index < -0.39 is 5.60 Å². The summed E-state index contributed by atoms with van der Waals surface area (Å²) in [6.07, 6.45) is 13.3. The van der Waals surface area contributed by atoms with Crippen LogP contribution in [-0.2, 0) is 5.11 Å². The summed E-state index contributed by atoms with van der Waals surface area (Å²) in [6.45, 7) is 0. The zero-order valence-electron chi connectivity index (χ0n) is 7.33. The van der Waals surface area contributed by atoms with Gasteiger partial charge in [-0.05, 0) is 12.8 Å². The molecule has 1 nitrogen and oxygen atoms in total. The van der Waals surface area contributed by atoms with Crippen LogP contribution < -0.4 is 0 Å². The van der Waals surface area contributed by atoms with Gasteiger partial charge >= 0.3 is 0 Å². The quantitative estimate of drug-likeness (QED) is 0.566. The van der Waals surface area contributed by atoms with Gasteiger partial charge in [-0.1, -0.05) is 43.6 Å². The van der Waals surface area contributed by atoms with Gasteiger partial charge in [0.05, 0.1) is 0 Å². The lowest BCUT2D eigenvalue weighted by molar-refractivity contribution is -0.0773. The van der Waals surface area contributed by atoms with Gasteiger partial charge < -0.3 is 0 Å². The van der Waals surface area contributed by atoms with Gasteiger partial charge in [0.2, 0.25) is 0 Å². The molecule has 0 aliphatic heterocycles. The summed E-state index contributed by atoms with van der Waals surface area (Å²) in [5.74, 6) is 0.179. The van der Waals surface area contributed by atoms with E-state index in [2.05, 4.69) is 12.2 Å². The first-order valence-electron chi connectivity index (χ1n) is 4.87. The molecule has 1 heteroatoms. The topological polar surface area (TPSA) is 19.9 Å². The molecule has 65 valence electrons. The second kappa shape index (κ2) is 3.06. The Labute approximate surface area is 73.8 Å². The molecule has 0 unspecified atom stereocenters. The summed E-state index contributed by atoms with van der Waals surface area (Å²) in [7, 11) is 0. The van der Waals surface area contributed by atoms with E-state index in [0.29, 0.717) is 0 Å². The third kappa shape index (κ3) is 1.34. The van der Waals surface area contributed by atoms with Gasteiger partial charge in [-0.3, -0.25) is 0 Å². The zero-order chi connectivity index (χ0) is 8.44. The molecule has 0 N–H and O–H groups in total. The fourth-order valence-corrected chi connectivity index (χ4v) is 2.27. The number of allylic oxidation sites excluding steroid dienone is 2. The van der Waals surface area contributed by atoms with Crippen LogP contribution in [-0.4, -0.2) is 5.60 Å². The Kier molecular flexibility index (Phi) is 2.05. The van der Waals surface area contributed by atoms with Crippen molar-refractivity contribution in [2.24, 2.45) is 5.92 Å². The van der Waals surface area contributed by atoms with E-state index in [1.165, 1.54) is 6.42 Å². The second-order valence-corrected chi connectivity index (χ2v) is 3.92. The van der Waals surface area contributed by atoms with E-state index in [1.807, 2.05) is 12.2 Å². The van der Waals surface area contributed by atoms with Crippen LogP contribution in [0.1, 0.15) is 32.1 Å². The van der Waals surface area contributed by atoms with E-state index in [4.69, 9.17) is 0 Å². The van der Waals surface area contributed by atoms with Crippen LogP contribution >= 0.6 is 0 Å². The maximum Gasteiger partial charge on any atom is 0.113 e. The first-order valence-corrected chi connectivity index (χ1v) is 4.87. The highest BCUT2D eigenvalue weighted by Gasteiger charge is 2.37. The first kappa shape index (κ1) is 8.06. The molecule has 2 aliphatic rings. The SMILES string of the molecule is [O]C1(C2C=CC=C2)CCCCC1. The average molecular weight is 163 g/mol. The van der Waals surface area contributed by atoms with E-state index in [0.717, 1.165) is 25.7 Å². The van der Waals surface area contributed by atoms with Gasteiger partial charge in [-0.2, -0.15) is 0 Å². The Morgan fingerprint density at radius 2 is 1.58 bits per heavy atom. The lowest BCUT2D eigenvalue weighted by atomic mass is 9.76. The van der Waals surface area contributed by atoms with Crippen LogP contribution in [0.2, 0.25) is 0 Å². The van der Waals surface area contributed by atoms with Crippen molar-refractivity contribution in [3.05, 3.63) is 24.3 Å². The summed E-state index contributed by atoms with van der Waals surface area (Å²) >= 11 is 0. The molecule has 0 aromatic rings. The lowest BCUT2D eigenvalue weighted by Crippen LogP contribution is -2.36. The van der Waals surface area contributed by atoms with Gasteiger partial charge in [-0.15, -0.1) is 0 Å². The fourth-order valence-electron chi connectivity index (χ4n) is 2.27. The highest BCUT2D eigenvalue weighted by atomic mass is 16.3. The number of rotatable bonds is 1. The van der Waals surface area contributed by atoms with Gasteiger partial charge in [0.25, 0.3) is 0 Å². The van der Waals surface area contributed by atoms with E-state index in [-0.39, 0.29) is 5.92 Å². The van der Waals surface area contributed by atoms with Crippen molar-refractivity contribution in [1.82, 2.24) is 0 Å². The summed E-state index contributed by atoms with van der Waals surface area (Å²) in [5.41, 5.74) is -0.665. The van der Waals surface area contributed by atoms with Crippen molar-refractivity contribution >= 4 is 0 Å². The molecule has 0 bridgehead atoms. The summed E-state index contributed by atoms with van der Waals surface area (Å²) in [5, 5.41) is 12.2. The minimum Gasteiger partial charge on any atom is -0.228 e. The van der Waals surface area contributed by atoms with Gasteiger partial charge in [0, 0.05) is 5.92 Å². The Morgan fingerprint density at radius 1 is 1.00 bits per heavy atom. The minimum absolute atomic E-state index is 0.179. The molecule has 0 aromatic heterocycles. The molecular formula is C11H15O. The molecule has 1 saturated carbocycles. The molecule has 12 heavy (non-hydrogen) atoms. The summed E-state index contributed by atoms with van der Waals surface area (Å²) in [6, 6.07) is 0. The third-order valence-electron chi connectivity index (χ3n) is 3.06. The maximum atomic E-state index is 12.2. The smallest absolute Gasteiger partial charge is 0.113 e. The molecule has 0 heterocycles. The van der Waals surface area contributed by atoms with Crippen LogP contribution in [0.3, 0.4) is 0 Å². The average Bonchev–Trinajstić information content (AvgIpc) is 2.58. The van der Waals surface area contributed by atoms with Crippen LogP contribution in [0.25, 0.3) is 0 Å². The van der Waals surface area contributed by atoms with Crippen LogP contribution in [0.15, 0.2) is 24.3 Å². The Balaban J connectivity index is 2.08. The van der Waals surface area contributed by atoms with Crippen molar-refractivity contribution in [3.63, 3.8) is 0 Å². The molecule has 0 aromatic carbocycles. The second-order valence-electron chi connectivity index (χ2n) is 3.92. The Hall–Kier alpha value is -0.560. The van der Waals surface area contributed by atoms with Crippen molar-refractivity contribution in [1.29, 1.82) is 0 Å². The van der Waals surface area contributed by atoms with Crippen molar-refractivity contribution in [2.75, 3.05) is 0 Å². The first-order chi connectivity index (χ1) is 5.81. The molecule has 0 atom stereocenters. The monoisotopic (exact) mass is 163 g/mol. The molecular weight excluding hydrogens is 148 g/mol. The normalized spacial score (nSPS) is 28.1. The van der Waals surface area contributed by atoms with E-state index >= 15 is 0 Å². The zero-order valence-corrected chi connectivity index (χ0v) is 7.33. The molecule has 0 spiro atoms. The van der Waals surface area contributed by atoms with Crippen molar-refractivity contribution < 1.29 is 5.11 Å². The summed E-state index contributed by atoms with van der Waals surface area (Å²) < 4.78 is 0. The molecule has 2 rings (SSSR count). The third-order valence-corrected chi connectivity index (χ3v) is 3.06. The molecule has 0 amide bonds. The van der Waals surface area contributed by atoms with Crippen LogP contribution in [0.4, 0.5) is 0 Å². The van der Waals surface area contributed by atoms with Crippen LogP contribution in [0, 0.1) is 5.92 Å². The van der Waals surface area contributed by atoms with Gasteiger partial charge in [0.15, 0.2) is 0 Å². The minimum atomic E-state index is -0.665. The van der Waals surface area contributed by atoms with Gasteiger partial charge in [-0.25, -0.2) is 5.11 Å². The molecule has 2 aliphatic carbocycles. The predicted octanol–water partition coefficient (Wildman–Crippen LogP) is 2.86. The molecule has 1 radical (unpaired) electrons. The van der Waals surface area contributed by atoms with Gasteiger partial charge in [0.1, 0.15) is 5.60 Å². The largest absolute Gasteiger partial charge is 0.228 e. The highest BCUT2D eigenvalue weighted by molar-refractivity contribution is 5.22. The Morgan fingerprint density at radius 3 is 2.17 bits per heavy atom. The molecule has 1 fully saturated rings.